The molecule has 1 aliphatic heterocycles. The Morgan fingerprint density at radius 3 is 2.80 bits per heavy atom. The average Bonchev–Trinajstić information content (AvgIpc) is 2.80. The van der Waals surface area contributed by atoms with Crippen LogP contribution in [-0.4, -0.2) is 26.3 Å². The highest BCUT2D eigenvalue weighted by Crippen LogP contribution is 2.44. The molecule has 0 aromatic heterocycles. The van der Waals surface area contributed by atoms with Gasteiger partial charge in [0.2, 0.25) is 0 Å². The number of nitrogens with zero attached hydrogens (tertiary/aromatic N) is 1. The fourth-order valence-electron chi connectivity index (χ4n) is 2.63. The quantitative estimate of drug-likeness (QED) is 0.738. The normalized spacial score (nSPS) is 28.1. The van der Waals surface area contributed by atoms with Crippen LogP contribution in [0.4, 0.5) is 4.79 Å². The molecule has 0 bridgehead atoms. The van der Waals surface area contributed by atoms with E-state index in [9.17, 15) is 9.00 Å². The predicted molar refractivity (Wildman–Crippen MR) is 74.0 cm³/mol. The van der Waals surface area contributed by atoms with Crippen LogP contribution in [0.25, 0.3) is 0 Å². The van der Waals surface area contributed by atoms with Gasteiger partial charge in [0, 0.05) is 6.42 Å². The maximum atomic E-state index is 12.3. The number of hydrogen-bond acceptors (Lipinski definition) is 4. The van der Waals surface area contributed by atoms with Gasteiger partial charge in [0.15, 0.2) is 0 Å². The Labute approximate surface area is 120 Å². The second-order valence-corrected chi connectivity index (χ2v) is 7.03. The fraction of sp³-hybridized carbons (Fsp3) is 0.500. The van der Waals surface area contributed by atoms with Crippen LogP contribution in [0.2, 0.25) is 0 Å². The zero-order valence-corrected chi connectivity index (χ0v) is 12.5. The number of benzene rings is 1. The molecule has 5 nitrogen and oxygen atoms in total. The van der Waals surface area contributed by atoms with Crippen LogP contribution in [0.1, 0.15) is 37.9 Å². The maximum Gasteiger partial charge on any atom is 0.424 e. The van der Waals surface area contributed by atoms with Crippen molar-refractivity contribution in [3.05, 3.63) is 35.4 Å². The summed E-state index contributed by atoms with van der Waals surface area (Å²) >= 11 is -1.78. The molecule has 1 unspecified atom stereocenters. The molecule has 1 aromatic rings. The van der Waals surface area contributed by atoms with Crippen molar-refractivity contribution >= 4 is 17.4 Å². The molecule has 1 aromatic carbocycles. The first-order valence-corrected chi connectivity index (χ1v) is 7.59. The molecule has 2 aliphatic rings. The number of rotatable bonds is 0. The summed E-state index contributed by atoms with van der Waals surface area (Å²) in [5.41, 5.74) is 1.50. The third kappa shape index (κ3) is 2.23. The summed E-state index contributed by atoms with van der Waals surface area (Å²) in [5, 5.41) is 0. The van der Waals surface area contributed by atoms with Crippen molar-refractivity contribution in [1.82, 2.24) is 4.31 Å². The SMILES string of the molecule is CC(C)(C)OC(=O)N1[C@H]2c3ccccc3C[C@H]2OS1=O. The molecule has 1 fully saturated rings. The summed E-state index contributed by atoms with van der Waals surface area (Å²) in [4.78, 5) is 12.3. The molecular formula is C14H17NO4S. The average molecular weight is 295 g/mol. The van der Waals surface area contributed by atoms with Crippen molar-refractivity contribution < 1.29 is 17.9 Å². The highest BCUT2D eigenvalue weighted by molar-refractivity contribution is 7.78. The van der Waals surface area contributed by atoms with E-state index in [1.165, 1.54) is 4.31 Å². The molecular weight excluding hydrogens is 278 g/mol. The molecule has 108 valence electrons. The molecule has 20 heavy (non-hydrogen) atoms. The van der Waals surface area contributed by atoms with Crippen molar-refractivity contribution in [2.75, 3.05) is 0 Å². The van der Waals surface area contributed by atoms with E-state index in [2.05, 4.69) is 0 Å². The summed E-state index contributed by atoms with van der Waals surface area (Å²) in [6, 6.07) is 7.50. The number of fused-ring (bicyclic) bond motifs is 3. The summed E-state index contributed by atoms with van der Waals surface area (Å²) in [7, 11) is 0. The lowest BCUT2D eigenvalue weighted by Gasteiger charge is -2.25. The lowest BCUT2D eigenvalue weighted by Crippen LogP contribution is -2.37. The molecule has 3 atom stereocenters. The highest BCUT2D eigenvalue weighted by Gasteiger charge is 2.50. The van der Waals surface area contributed by atoms with Crippen molar-refractivity contribution in [3.8, 4) is 0 Å². The Hall–Kier alpha value is -1.40. The number of hydrogen-bond donors (Lipinski definition) is 0. The molecule has 1 amide bonds. The van der Waals surface area contributed by atoms with Crippen LogP contribution >= 0.6 is 0 Å². The molecule has 1 heterocycles. The Kier molecular flexibility index (Phi) is 3.10. The van der Waals surface area contributed by atoms with Crippen LogP contribution in [0.3, 0.4) is 0 Å². The minimum Gasteiger partial charge on any atom is -0.443 e. The predicted octanol–water partition coefficient (Wildman–Crippen LogP) is 2.50. The molecule has 1 saturated heterocycles. The molecule has 6 heteroatoms. The lowest BCUT2D eigenvalue weighted by molar-refractivity contribution is 0.0346. The van der Waals surface area contributed by atoms with Gasteiger partial charge in [-0.3, -0.25) is 4.18 Å². The number of amides is 1. The Morgan fingerprint density at radius 1 is 1.40 bits per heavy atom. The summed E-state index contributed by atoms with van der Waals surface area (Å²) in [6.45, 7) is 5.35. The van der Waals surface area contributed by atoms with Crippen LogP contribution in [-0.2, 0) is 26.6 Å². The van der Waals surface area contributed by atoms with E-state index in [0.717, 1.165) is 11.1 Å². The van der Waals surface area contributed by atoms with Gasteiger partial charge in [-0.25, -0.2) is 9.00 Å². The standard InChI is InChI=1S/C14H17NO4S/c1-14(2,3)18-13(16)15-12-10-7-5-4-6-9(10)8-11(12)19-20(15)17/h4-7,11-12H,8H2,1-3H3/t11-,12+,20?/m1/s1. The Balaban J connectivity index is 1.92. The molecule has 0 radical (unpaired) electrons. The van der Waals surface area contributed by atoms with E-state index in [1.54, 1.807) is 20.8 Å². The van der Waals surface area contributed by atoms with E-state index < -0.39 is 23.0 Å². The summed E-state index contributed by atoms with van der Waals surface area (Å²) in [5.74, 6) is 0. The van der Waals surface area contributed by atoms with Gasteiger partial charge in [-0.05, 0) is 31.9 Å². The highest BCUT2D eigenvalue weighted by atomic mass is 32.2. The Morgan fingerprint density at radius 2 is 2.10 bits per heavy atom. The van der Waals surface area contributed by atoms with Crippen LogP contribution in [0.15, 0.2) is 24.3 Å². The van der Waals surface area contributed by atoms with E-state index in [-0.39, 0.29) is 12.1 Å². The van der Waals surface area contributed by atoms with E-state index in [0.29, 0.717) is 6.42 Å². The van der Waals surface area contributed by atoms with Gasteiger partial charge in [0.1, 0.15) is 17.7 Å². The molecule has 0 N–H and O–H groups in total. The third-order valence-electron chi connectivity index (χ3n) is 3.34. The largest absolute Gasteiger partial charge is 0.443 e. The third-order valence-corrected chi connectivity index (χ3v) is 4.45. The molecule has 0 spiro atoms. The van der Waals surface area contributed by atoms with Gasteiger partial charge in [-0.15, -0.1) is 0 Å². The summed E-state index contributed by atoms with van der Waals surface area (Å²) in [6.07, 6.45) is -0.174. The minimum atomic E-state index is -1.78. The first-order chi connectivity index (χ1) is 9.37. The second kappa shape index (κ2) is 4.56. The number of carbonyl (C=O) groups is 1. The van der Waals surface area contributed by atoms with E-state index >= 15 is 0 Å². The minimum absolute atomic E-state index is 0.249. The number of ether oxygens (including phenoxy) is 1. The smallest absolute Gasteiger partial charge is 0.424 e. The first kappa shape index (κ1) is 13.6. The molecule has 3 rings (SSSR count). The zero-order valence-electron chi connectivity index (χ0n) is 11.7. The van der Waals surface area contributed by atoms with Crippen molar-refractivity contribution in [1.29, 1.82) is 0 Å². The van der Waals surface area contributed by atoms with Gasteiger partial charge in [-0.1, -0.05) is 24.3 Å². The van der Waals surface area contributed by atoms with Gasteiger partial charge in [0.05, 0.1) is 0 Å². The van der Waals surface area contributed by atoms with E-state index in [1.807, 2.05) is 24.3 Å². The molecule has 0 saturated carbocycles. The summed E-state index contributed by atoms with van der Waals surface area (Å²) < 4.78 is 24.0. The fourth-order valence-corrected chi connectivity index (χ4v) is 3.70. The second-order valence-electron chi connectivity index (χ2n) is 6.01. The van der Waals surface area contributed by atoms with Gasteiger partial charge < -0.3 is 4.74 Å². The number of carbonyl (C=O) groups excluding carboxylic acids is 1. The monoisotopic (exact) mass is 295 g/mol. The van der Waals surface area contributed by atoms with Gasteiger partial charge in [-0.2, -0.15) is 4.31 Å². The lowest BCUT2D eigenvalue weighted by atomic mass is 10.1. The topological polar surface area (TPSA) is 55.8 Å². The van der Waals surface area contributed by atoms with Crippen LogP contribution in [0.5, 0.6) is 0 Å². The first-order valence-electron chi connectivity index (χ1n) is 6.56. The van der Waals surface area contributed by atoms with Gasteiger partial charge in [0.25, 0.3) is 11.3 Å². The van der Waals surface area contributed by atoms with E-state index in [4.69, 9.17) is 8.92 Å². The Bertz CT molecular complexity index is 581. The van der Waals surface area contributed by atoms with Crippen LogP contribution < -0.4 is 0 Å². The van der Waals surface area contributed by atoms with Crippen LogP contribution in [0, 0.1) is 0 Å². The van der Waals surface area contributed by atoms with Crippen molar-refractivity contribution in [3.63, 3.8) is 0 Å². The zero-order chi connectivity index (χ0) is 14.5. The maximum absolute atomic E-state index is 12.3. The van der Waals surface area contributed by atoms with Crippen molar-refractivity contribution in [2.45, 2.75) is 44.9 Å². The van der Waals surface area contributed by atoms with Gasteiger partial charge >= 0.3 is 6.09 Å². The van der Waals surface area contributed by atoms with Crippen molar-refractivity contribution in [2.24, 2.45) is 0 Å². The molecule has 1 aliphatic carbocycles.